The Kier molecular flexibility index (Phi) is 4.66. The van der Waals surface area contributed by atoms with Crippen molar-refractivity contribution in [3.05, 3.63) is 33.9 Å². The van der Waals surface area contributed by atoms with Gasteiger partial charge in [-0.1, -0.05) is 25.4 Å². The first-order valence-electron chi connectivity index (χ1n) is 6.57. The molecule has 0 aromatic carbocycles. The van der Waals surface area contributed by atoms with E-state index in [1.807, 2.05) is 19.9 Å². The second kappa shape index (κ2) is 6.10. The molecule has 0 aliphatic rings. The van der Waals surface area contributed by atoms with E-state index in [0.29, 0.717) is 22.9 Å². The zero-order valence-electron chi connectivity index (χ0n) is 12.1. The third kappa shape index (κ3) is 3.13. The van der Waals surface area contributed by atoms with E-state index in [-0.39, 0.29) is 0 Å². The van der Waals surface area contributed by atoms with Crippen molar-refractivity contribution < 1.29 is 0 Å². The summed E-state index contributed by atoms with van der Waals surface area (Å²) in [4.78, 5) is 8.79. The van der Waals surface area contributed by atoms with Crippen molar-refractivity contribution in [3.8, 4) is 5.95 Å². The molecule has 0 saturated carbocycles. The summed E-state index contributed by atoms with van der Waals surface area (Å²) in [6.45, 7) is 8.12. The van der Waals surface area contributed by atoms with Gasteiger partial charge in [-0.3, -0.25) is 0 Å². The van der Waals surface area contributed by atoms with Crippen molar-refractivity contribution >= 4 is 23.2 Å². The predicted octanol–water partition coefficient (Wildman–Crippen LogP) is 3.87. The van der Waals surface area contributed by atoms with Crippen LogP contribution in [0.1, 0.15) is 36.5 Å². The Hall–Kier alpha value is -1.13. The van der Waals surface area contributed by atoms with E-state index in [2.05, 4.69) is 28.9 Å². The Bertz CT molecular complexity index is 600. The first-order chi connectivity index (χ1) is 9.42. The summed E-state index contributed by atoms with van der Waals surface area (Å²) in [5, 5.41) is 5.05. The lowest BCUT2D eigenvalue weighted by atomic mass is 10.1. The quantitative estimate of drug-likeness (QED) is 0.805. The van der Waals surface area contributed by atoms with E-state index in [1.165, 1.54) is 0 Å². The van der Waals surface area contributed by atoms with Gasteiger partial charge in [0.25, 0.3) is 5.95 Å². The summed E-state index contributed by atoms with van der Waals surface area (Å²) in [5.41, 5.74) is 3.56. The predicted molar refractivity (Wildman–Crippen MR) is 81.7 cm³/mol. The minimum Gasteiger partial charge on any atom is -0.216 e. The van der Waals surface area contributed by atoms with Crippen molar-refractivity contribution in [3.63, 3.8) is 0 Å². The summed E-state index contributed by atoms with van der Waals surface area (Å²) in [7, 11) is 0. The molecule has 0 spiro atoms. The molecule has 4 nitrogen and oxygen atoms in total. The fraction of sp³-hybridized carbons (Fsp3) is 0.500. The Balaban J connectivity index is 2.54. The van der Waals surface area contributed by atoms with Gasteiger partial charge >= 0.3 is 0 Å². The molecule has 20 heavy (non-hydrogen) atoms. The summed E-state index contributed by atoms with van der Waals surface area (Å²) in [6.07, 6.45) is 0.833. The highest BCUT2D eigenvalue weighted by Crippen LogP contribution is 2.26. The zero-order valence-corrected chi connectivity index (χ0v) is 13.6. The summed E-state index contributed by atoms with van der Waals surface area (Å²) in [6, 6.07) is 1.92. The molecule has 2 heterocycles. The average molecular weight is 313 g/mol. The Labute approximate surface area is 129 Å². The first kappa shape index (κ1) is 15.3. The third-order valence-corrected chi connectivity index (χ3v) is 3.55. The summed E-state index contributed by atoms with van der Waals surface area (Å²) < 4.78 is 1.58. The van der Waals surface area contributed by atoms with Gasteiger partial charge in [-0.05, 0) is 32.3 Å². The summed E-state index contributed by atoms with van der Waals surface area (Å²) in [5.74, 6) is 1.32. The minimum atomic E-state index is 0.339. The number of hydrogen-bond donors (Lipinski definition) is 0. The molecular weight excluding hydrogens is 295 g/mol. The Morgan fingerprint density at radius 1 is 1.20 bits per heavy atom. The van der Waals surface area contributed by atoms with Gasteiger partial charge in [-0.25, -0.2) is 9.97 Å². The van der Waals surface area contributed by atoms with Crippen molar-refractivity contribution in [2.24, 2.45) is 5.92 Å². The number of halogens is 2. The standard InChI is InChI=1S/C14H18Cl2N4/c1-8(2)5-12-11(7-15)13(16)20(19-12)14-17-9(3)6-10(4)18-14/h6,8H,5,7H2,1-4H3. The highest BCUT2D eigenvalue weighted by Gasteiger charge is 2.19. The third-order valence-electron chi connectivity index (χ3n) is 2.90. The zero-order chi connectivity index (χ0) is 14.9. The molecule has 0 unspecified atom stereocenters. The molecule has 0 fully saturated rings. The molecule has 0 aliphatic heterocycles. The van der Waals surface area contributed by atoms with E-state index < -0.39 is 0 Å². The van der Waals surface area contributed by atoms with Crippen LogP contribution in [0.4, 0.5) is 0 Å². The lowest BCUT2D eigenvalue weighted by Gasteiger charge is -2.04. The molecule has 6 heteroatoms. The molecule has 0 aliphatic carbocycles. The van der Waals surface area contributed by atoms with Crippen LogP contribution in [-0.4, -0.2) is 19.7 Å². The molecule has 0 amide bonds. The van der Waals surface area contributed by atoms with Gasteiger partial charge in [-0.15, -0.1) is 11.6 Å². The number of rotatable bonds is 4. The van der Waals surface area contributed by atoms with Gasteiger partial charge in [0.05, 0.1) is 11.6 Å². The van der Waals surface area contributed by atoms with Gasteiger partial charge in [0.1, 0.15) is 5.15 Å². The van der Waals surface area contributed by atoms with Crippen LogP contribution in [0, 0.1) is 19.8 Å². The SMILES string of the molecule is Cc1cc(C)nc(-n2nc(CC(C)C)c(CCl)c2Cl)n1. The number of aromatic nitrogens is 4. The maximum atomic E-state index is 6.39. The molecule has 2 rings (SSSR count). The van der Waals surface area contributed by atoms with Crippen molar-refractivity contribution in [1.82, 2.24) is 19.7 Å². The molecule has 0 atom stereocenters. The monoisotopic (exact) mass is 312 g/mol. The topological polar surface area (TPSA) is 43.6 Å². The van der Waals surface area contributed by atoms with E-state index in [1.54, 1.807) is 4.68 Å². The number of nitrogens with zero attached hydrogens (tertiary/aromatic N) is 4. The van der Waals surface area contributed by atoms with Gasteiger partial charge in [-0.2, -0.15) is 9.78 Å². The Morgan fingerprint density at radius 2 is 1.80 bits per heavy atom. The van der Waals surface area contributed by atoms with Crippen molar-refractivity contribution in [2.45, 2.75) is 40.0 Å². The average Bonchev–Trinajstić information content (AvgIpc) is 2.63. The van der Waals surface area contributed by atoms with Gasteiger partial charge in [0.15, 0.2) is 0 Å². The van der Waals surface area contributed by atoms with Crippen LogP contribution < -0.4 is 0 Å². The number of hydrogen-bond acceptors (Lipinski definition) is 3. The van der Waals surface area contributed by atoms with Gasteiger partial charge in [0.2, 0.25) is 0 Å². The van der Waals surface area contributed by atoms with Crippen LogP contribution >= 0.6 is 23.2 Å². The fourth-order valence-corrected chi connectivity index (χ4v) is 2.73. The van der Waals surface area contributed by atoms with Crippen LogP contribution in [0.3, 0.4) is 0 Å². The lowest BCUT2D eigenvalue weighted by Crippen LogP contribution is -2.06. The molecule has 0 N–H and O–H groups in total. The van der Waals surface area contributed by atoms with E-state index >= 15 is 0 Å². The highest BCUT2D eigenvalue weighted by molar-refractivity contribution is 6.31. The molecule has 0 saturated heterocycles. The molecule has 0 radical (unpaired) electrons. The van der Waals surface area contributed by atoms with Crippen LogP contribution in [0.15, 0.2) is 6.07 Å². The molecular formula is C14H18Cl2N4. The lowest BCUT2D eigenvalue weighted by molar-refractivity contribution is 0.623. The molecule has 0 bridgehead atoms. The maximum absolute atomic E-state index is 6.39. The van der Waals surface area contributed by atoms with E-state index in [0.717, 1.165) is 29.1 Å². The van der Waals surface area contributed by atoms with E-state index in [4.69, 9.17) is 23.2 Å². The largest absolute Gasteiger partial charge is 0.252 e. The van der Waals surface area contributed by atoms with Crippen LogP contribution in [0.2, 0.25) is 5.15 Å². The molecule has 108 valence electrons. The van der Waals surface area contributed by atoms with Crippen LogP contribution in [-0.2, 0) is 12.3 Å². The normalized spacial score (nSPS) is 11.3. The van der Waals surface area contributed by atoms with Gasteiger partial charge in [0, 0.05) is 17.0 Å². The van der Waals surface area contributed by atoms with E-state index in [9.17, 15) is 0 Å². The van der Waals surface area contributed by atoms with Gasteiger partial charge < -0.3 is 0 Å². The first-order valence-corrected chi connectivity index (χ1v) is 7.48. The molecule has 2 aromatic heterocycles. The van der Waals surface area contributed by atoms with Crippen molar-refractivity contribution in [1.29, 1.82) is 0 Å². The van der Waals surface area contributed by atoms with Crippen LogP contribution in [0.5, 0.6) is 0 Å². The summed E-state index contributed by atoms with van der Waals surface area (Å²) >= 11 is 12.4. The van der Waals surface area contributed by atoms with Crippen molar-refractivity contribution in [2.75, 3.05) is 0 Å². The fourth-order valence-electron chi connectivity index (χ4n) is 2.09. The number of aryl methyl sites for hydroxylation is 2. The van der Waals surface area contributed by atoms with Crippen LogP contribution in [0.25, 0.3) is 5.95 Å². The maximum Gasteiger partial charge on any atom is 0.252 e. The smallest absolute Gasteiger partial charge is 0.216 e. The number of alkyl halides is 1. The molecule has 2 aromatic rings. The second-order valence-electron chi connectivity index (χ2n) is 5.31. The Morgan fingerprint density at radius 3 is 2.30 bits per heavy atom. The minimum absolute atomic E-state index is 0.339. The second-order valence-corrected chi connectivity index (χ2v) is 5.94. The highest BCUT2D eigenvalue weighted by atomic mass is 35.5.